The number of nitrogens with one attached hydrogen (secondary N) is 2. The van der Waals surface area contributed by atoms with Crippen molar-refractivity contribution in [3.63, 3.8) is 0 Å². The normalized spacial score (nSPS) is 16.0. The maximum Gasteiger partial charge on any atom is 0.270 e. The molecule has 0 radical (unpaired) electrons. The van der Waals surface area contributed by atoms with Crippen LogP contribution in [0.2, 0.25) is 0 Å². The van der Waals surface area contributed by atoms with Gasteiger partial charge < -0.3 is 15.8 Å². The zero-order valence-corrected chi connectivity index (χ0v) is 16.1. The number of ether oxygens (including phenoxy) is 1. The first kappa shape index (κ1) is 18.8. The predicted molar refractivity (Wildman–Crippen MR) is 105 cm³/mol. The molecule has 1 aliphatic heterocycles. The number of anilines is 1. The summed E-state index contributed by atoms with van der Waals surface area (Å²) < 4.78 is 24.0. The molecule has 0 bridgehead atoms. The number of nitrogens with zero attached hydrogens (tertiary/aromatic N) is 2. The fourth-order valence-electron chi connectivity index (χ4n) is 2.58. The standard InChI is InChI=1S/C18H21N5O3S/c1-11-7-8-20-13(9-11)17(24)21-18(2,3)10-26-14-6-4-5-12-15(14)16(19)23-27(25)22-12/h4-9,22H,10H2,1-3H3,(H2,19,23)(H,21,24). The average molecular weight is 387 g/mol. The second-order valence-electron chi connectivity index (χ2n) is 6.85. The minimum Gasteiger partial charge on any atom is -0.490 e. The highest BCUT2D eigenvalue weighted by molar-refractivity contribution is 7.85. The van der Waals surface area contributed by atoms with Crippen LogP contribution < -0.4 is 20.5 Å². The van der Waals surface area contributed by atoms with Crippen molar-refractivity contribution < 1.29 is 13.7 Å². The van der Waals surface area contributed by atoms with Gasteiger partial charge in [0.2, 0.25) is 11.2 Å². The first-order valence-corrected chi connectivity index (χ1v) is 9.40. The summed E-state index contributed by atoms with van der Waals surface area (Å²) >= 11 is -1.60. The van der Waals surface area contributed by atoms with Crippen LogP contribution in [0.3, 0.4) is 0 Å². The van der Waals surface area contributed by atoms with E-state index in [1.807, 2.05) is 26.8 Å². The van der Waals surface area contributed by atoms with Gasteiger partial charge in [0.1, 0.15) is 23.9 Å². The Labute approximate surface area is 160 Å². The van der Waals surface area contributed by atoms with Gasteiger partial charge in [-0.3, -0.25) is 14.5 Å². The number of carbonyl (C=O) groups is 1. The molecule has 0 saturated carbocycles. The Morgan fingerprint density at radius 2 is 2.15 bits per heavy atom. The molecule has 142 valence electrons. The largest absolute Gasteiger partial charge is 0.490 e. The predicted octanol–water partition coefficient (Wildman–Crippen LogP) is 1.69. The number of benzene rings is 1. The van der Waals surface area contributed by atoms with Crippen molar-refractivity contribution in [1.82, 2.24) is 10.3 Å². The summed E-state index contributed by atoms with van der Waals surface area (Å²) in [5.74, 6) is 0.359. The van der Waals surface area contributed by atoms with Crippen LogP contribution in [0.1, 0.15) is 35.5 Å². The van der Waals surface area contributed by atoms with Gasteiger partial charge in [0, 0.05) is 6.20 Å². The minimum atomic E-state index is -1.60. The monoisotopic (exact) mass is 387 g/mol. The van der Waals surface area contributed by atoms with E-state index in [-0.39, 0.29) is 18.3 Å². The summed E-state index contributed by atoms with van der Waals surface area (Å²) in [6, 6.07) is 8.81. The summed E-state index contributed by atoms with van der Waals surface area (Å²) in [6.07, 6.45) is 1.60. The van der Waals surface area contributed by atoms with Gasteiger partial charge in [0.25, 0.3) is 5.91 Å². The number of hydrogen-bond acceptors (Lipinski definition) is 5. The average Bonchev–Trinajstić information content (AvgIpc) is 2.59. The molecule has 0 aliphatic carbocycles. The van der Waals surface area contributed by atoms with Crippen molar-refractivity contribution in [2.24, 2.45) is 10.1 Å². The number of amides is 1. The van der Waals surface area contributed by atoms with Crippen molar-refractivity contribution in [3.8, 4) is 5.75 Å². The Morgan fingerprint density at radius 3 is 2.89 bits per heavy atom. The molecule has 1 unspecified atom stereocenters. The van der Waals surface area contributed by atoms with Gasteiger partial charge in [-0.25, -0.2) is 4.21 Å². The molecule has 1 aromatic carbocycles. The third kappa shape index (κ3) is 4.43. The summed E-state index contributed by atoms with van der Waals surface area (Å²) in [5, 5.41) is 2.92. The van der Waals surface area contributed by atoms with Crippen LogP contribution in [0.25, 0.3) is 0 Å². The van der Waals surface area contributed by atoms with Crippen LogP contribution in [-0.2, 0) is 11.2 Å². The van der Waals surface area contributed by atoms with E-state index in [0.29, 0.717) is 22.7 Å². The van der Waals surface area contributed by atoms with Crippen molar-refractivity contribution in [3.05, 3.63) is 53.3 Å². The Bertz CT molecular complexity index is 942. The molecule has 8 nitrogen and oxygen atoms in total. The fourth-order valence-corrected chi connectivity index (χ4v) is 3.25. The van der Waals surface area contributed by atoms with Crippen LogP contribution >= 0.6 is 0 Å². The molecule has 1 amide bonds. The molecule has 0 spiro atoms. The van der Waals surface area contributed by atoms with E-state index < -0.39 is 16.7 Å². The highest BCUT2D eigenvalue weighted by Gasteiger charge is 2.25. The van der Waals surface area contributed by atoms with E-state index in [9.17, 15) is 9.00 Å². The molecule has 1 atom stereocenters. The molecule has 1 aliphatic rings. The zero-order valence-electron chi connectivity index (χ0n) is 15.3. The lowest BCUT2D eigenvalue weighted by Gasteiger charge is -2.27. The second kappa shape index (κ2) is 7.36. The first-order chi connectivity index (χ1) is 12.7. The highest BCUT2D eigenvalue weighted by atomic mass is 32.2. The van der Waals surface area contributed by atoms with Crippen molar-refractivity contribution in [1.29, 1.82) is 0 Å². The summed E-state index contributed by atoms with van der Waals surface area (Å²) in [5.41, 5.74) is 7.69. The fraction of sp³-hybridized carbons (Fsp3) is 0.278. The highest BCUT2D eigenvalue weighted by Crippen LogP contribution is 2.30. The maximum atomic E-state index is 12.4. The molecule has 2 aromatic rings. The van der Waals surface area contributed by atoms with Crippen LogP contribution in [0.15, 0.2) is 40.9 Å². The number of carbonyl (C=O) groups excluding carboxylic acids is 1. The number of hydrogen-bond donors (Lipinski definition) is 3. The summed E-state index contributed by atoms with van der Waals surface area (Å²) in [6.45, 7) is 5.79. The third-order valence-corrected chi connectivity index (χ3v) is 4.61. The summed E-state index contributed by atoms with van der Waals surface area (Å²) in [7, 11) is 0. The number of nitrogens with two attached hydrogens (primary N) is 1. The molecular weight excluding hydrogens is 366 g/mol. The van der Waals surface area contributed by atoms with E-state index >= 15 is 0 Å². The summed E-state index contributed by atoms with van der Waals surface area (Å²) in [4.78, 5) is 16.5. The molecule has 0 saturated heterocycles. The molecular formula is C18H21N5O3S. The van der Waals surface area contributed by atoms with Crippen LogP contribution in [0.4, 0.5) is 5.69 Å². The molecule has 0 fully saturated rings. The second-order valence-corrected chi connectivity index (χ2v) is 7.74. The number of pyridine rings is 1. The molecule has 27 heavy (non-hydrogen) atoms. The Morgan fingerprint density at radius 1 is 1.37 bits per heavy atom. The van der Waals surface area contributed by atoms with Gasteiger partial charge in [-0.1, -0.05) is 6.07 Å². The molecule has 2 heterocycles. The lowest BCUT2D eigenvalue weighted by atomic mass is 10.1. The van der Waals surface area contributed by atoms with Crippen LogP contribution in [0, 0.1) is 6.92 Å². The van der Waals surface area contributed by atoms with Gasteiger partial charge in [-0.05, 0) is 50.6 Å². The van der Waals surface area contributed by atoms with Gasteiger partial charge in [0.15, 0.2) is 0 Å². The van der Waals surface area contributed by atoms with Gasteiger partial charge in [-0.15, -0.1) is 0 Å². The maximum absolute atomic E-state index is 12.4. The number of aryl methyl sites for hydroxylation is 1. The molecule has 3 rings (SSSR count). The topological polar surface area (TPSA) is 119 Å². The first-order valence-electron chi connectivity index (χ1n) is 8.29. The Balaban J connectivity index is 1.72. The lowest BCUT2D eigenvalue weighted by molar-refractivity contribution is 0.0875. The number of rotatable bonds is 5. The van der Waals surface area contributed by atoms with E-state index in [1.165, 1.54) is 0 Å². The number of fused-ring (bicyclic) bond motifs is 1. The molecule has 9 heteroatoms. The van der Waals surface area contributed by atoms with Gasteiger partial charge >= 0.3 is 0 Å². The SMILES string of the molecule is Cc1ccnc(C(=O)NC(C)(C)COc2cccc3c2C(N)=NS(=O)N3)c1. The van der Waals surface area contributed by atoms with Gasteiger partial charge in [-0.2, -0.15) is 4.40 Å². The van der Waals surface area contributed by atoms with Gasteiger partial charge in [0.05, 0.1) is 16.8 Å². The van der Waals surface area contributed by atoms with E-state index in [0.717, 1.165) is 5.56 Å². The van der Waals surface area contributed by atoms with E-state index in [2.05, 4.69) is 19.4 Å². The van der Waals surface area contributed by atoms with Crippen molar-refractivity contribution >= 4 is 28.6 Å². The van der Waals surface area contributed by atoms with Crippen molar-refractivity contribution in [2.75, 3.05) is 11.3 Å². The van der Waals surface area contributed by atoms with Crippen LogP contribution in [-0.4, -0.2) is 33.1 Å². The van der Waals surface area contributed by atoms with E-state index in [1.54, 1.807) is 30.5 Å². The van der Waals surface area contributed by atoms with Crippen molar-refractivity contribution in [2.45, 2.75) is 26.3 Å². The minimum absolute atomic E-state index is 0.142. The lowest BCUT2D eigenvalue weighted by Crippen LogP contribution is -2.48. The Kier molecular flexibility index (Phi) is 5.13. The molecule has 1 aromatic heterocycles. The Hall–Kier alpha value is -2.94. The number of aromatic nitrogens is 1. The smallest absolute Gasteiger partial charge is 0.270 e. The molecule has 4 N–H and O–H groups in total. The van der Waals surface area contributed by atoms with Crippen LogP contribution in [0.5, 0.6) is 5.75 Å². The zero-order chi connectivity index (χ0) is 19.6. The third-order valence-electron chi connectivity index (χ3n) is 3.85. The number of amidine groups is 1. The van der Waals surface area contributed by atoms with E-state index in [4.69, 9.17) is 10.5 Å². The quantitative estimate of drug-likeness (QED) is 0.721.